The molecule has 0 aliphatic carbocycles. The monoisotopic (exact) mass is 311 g/mol. The van der Waals surface area contributed by atoms with Crippen molar-refractivity contribution in [3.05, 3.63) is 33.3 Å². The highest BCUT2D eigenvalue weighted by Gasteiger charge is 2.19. The van der Waals surface area contributed by atoms with Crippen molar-refractivity contribution in [3.63, 3.8) is 0 Å². The third kappa shape index (κ3) is 4.86. The Kier molecular flexibility index (Phi) is 5.82. The van der Waals surface area contributed by atoms with Crippen molar-refractivity contribution in [3.8, 4) is 0 Å². The Morgan fingerprint density at radius 3 is 3.05 bits per heavy atom. The van der Waals surface area contributed by atoms with E-state index in [4.69, 9.17) is 11.6 Å². The van der Waals surface area contributed by atoms with Gasteiger partial charge in [-0.05, 0) is 44.9 Å². The van der Waals surface area contributed by atoms with Gasteiger partial charge in [0, 0.05) is 23.2 Å². The minimum atomic E-state index is -0.380. The normalized spacial score (nSPS) is 20.6. The fourth-order valence-electron chi connectivity index (χ4n) is 2.84. The summed E-state index contributed by atoms with van der Waals surface area (Å²) in [6.45, 7) is 3.12. The Balaban J connectivity index is 1.99. The number of nitrogens with one attached hydrogen (secondary N) is 2. The van der Waals surface area contributed by atoms with Crippen LogP contribution in [0.15, 0.2) is 18.2 Å². The fourth-order valence-corrected chi connectivity index (χ4v) is 3.01. The Labute approximate surface area is 130 Å². The predicted octanol–water partition coefficient (Wildman–Crippen LogP) is 3.97. The molecule has 1 aliphatic heterocycles. The second kappa shape index (κ2) is 7.61. The number of nitro benzene ring substituents is 1. The maximum atomic E-state index is 11.1. The summed E-state index contributed by atoms with van der Waals surface area (Å²) in [4.78, 5) is 10.7. The van der Waals surface area contributed by atoms with E-state index in [-0.39, 0.29) is 16.7 Å². The van der Waals surface area contributed by atoms with E-state index < -0.39 is 0 Å². The molecule has 5 nitrogen and oxygen atoms in total. The van der Waals surface area contributed by atoms with Crippen LogP contribution in [-0.4, -0.2) is 23.6 Å². The molecule has 2 rings (SSSR count). The van der Waals surface area contributed by atoms with Gasteiger partial charge < -0.3 is 10.6 Å². The highest BCUT2D eigenvalue weighted by atomic mass is 35.5. The number of halogens is 1. The molecule has 116 valence electrons. The van der Waals surface area contributed by atoms with Crippen LogP contribution in [-0.2, 0) is 0 Å². The van der Waals surface area contributed by atoms with E-state index in [0.29, 0.717) is 16.8 Å². The van der Waals surface area contributed by atoms with Crippen molar-refractivity contribution >= 4 is 23.0 Å². The maximum absolute atomic E-state index is 11.1. The van der Waals surface area contributed by atoms with Gasteiger partial charge >= 0.3 is 0 Å². The second-order valence-electron chi connectivity index (χ2n) is 5.70. The summed E-state index contributed by atoms with van der Waals surface area (Å²) < 4.78 is 0. The smallest absolute Gasteiger partial charge is 0.292 e. The Hall–Kier alpha value is -1.33. The molecule has 2 N–H and O–H groups in total. The van der Waals surface area contributed by atoms with Gasteiger partial charge in [-0.25, -0.2) is 0 Å². The Bertz CT molecular complexity index is 488. The zero-order chi connectivity index (χ0) is 15.2. The van der Waals surface area contributed by atoms with Crippen LogP contribution >= 0.6 is 11.6 Å². The zero-order valence-corrected chi connectivity index (χ0v) is 13.0. The average Bonchev–Trinajstić information content (AvgIpc) is 2.66. The molecule has 0 radical (unpaired) electrons. The first-order valence-corrected chi connectivity index (χ1v) is 7.88. The summed E-state index contributed by atoms with van der Waals surface area (Å²) in [5.74, 6) is 0. The van der Waals surface area contributed by atoms with Crippen molar-refractivity contribution in [1.82, 2.24) is 5.32 Å². The van der Waals surface area contributed by atoms with Crippen molar-refractivity contribution in [2.24, 2.45) is 0 Å². The summed E-state index contributed by atoms with van der Waals surface area (Å²) in [5.41, 5.74) is 0.564. The van der Waals surface area contributed by atoms with Crippen LogP contribution in [0.2, 0.25) is 5.02 Å². The highest BCUT2D eigenvalue weighted by molar-refractivity contribution is 6.31. The lowest BCUT2D eigenvalue weighted by atomic mass is 10.0. The van der Waals surface area contributed by atoms with Crippen LogP contribution in [0.1, 0.15) is 39.0 Å². The third-order valence-corrected chi connectivity index (χ3v) is 4.09. The van der Waals surface area contributed by atoms with E-state index in [1.807, 2.05) is 0 Å². The molecule has 1 fully saturated rings. The van der Waals surface area contributed by atoms with Crippen molar-refractivity contribution < 1.29 is 4.92 Å². The minimum Gasteiger partial charge on any atom is -0.377 e. The second-order valence-corrected chi connectivity index (χ2v) is 6.14. The first-order valence-electron chi connectivity index (χ1n) is 7.50. The van der Waals surface area contributed by atoms with E-state index in [0.717, 1.165) is 13.0 Å². The van der Waals surface area contributed by atoms with Crippen LogP contribution in [0.4, 0.5) is 11.4 Å². The van der Waals surface area contributed by atoms with Crippen LogP contribution in [0, 0.1) is 10.1 Å². The number of benzene rings is 1. The largest absolute Gasteiger partial charge is 0.377 e. The zero-order valence-electron chi connectivity index (χ0n) is 12.3. The molecule has 0 spiro atoms. The molecule has 21 heavy (non-hydrogen) atoms. The SMILES string of the molecule is CC(CC1CCCCCN1)Nc1cc(Cl)ccc1[N+](=O)[O-]. The molecule has 0 amide bonds. The fraction of sp³-hybridized carbons (Fsp3) is 0.600. The van der Waals surface area contributed by atoms with Crippen molar-refractivity contribution in [1.29, 1.82) is 0 Å². The number of anilines is 1. The highest BCUT2D eigenvalue weighted by Crippen LogP contribution is 2.28. The minimum absolute atomic E-state index is 0.0695. The summed E-state index contributed by atoms with van der Waals surface area (Å²) in [6, 6.07) is 5.24. The molecule has 0 aromatic heterocycles. The van der Waals surface area contributed by atoms with Crippen LogP contribution < -0.4 is 10.6 Å². The average molecular weight is 312 g/mol. The van der Waals surface area contributed by atoms with E-state index in [2.05, 4.69) is 17.6 Å². The van der Waals surface area contributed by atoms with Gasteiger partial charge in [-0.1, -0.05) is 24.4 Å². The lowest BCUT2D eigenvalue weighted by Gasteiger charge is -2.22. The number of rotatable bonds is 5. The molecule has 1 saturated heterocycles. The van der Waals surface area contributed by atoms with Crippen LogP contribution in [0.3, 0.4) is 0 Å². The standard InChI is InChI=1S/C15H22ClN3O2/c1-11(9-13-5-3-2-4-8-17-13)18-14-10-12(16)6-7-15(14)19(20)21/h6-7,10-11,13,17-18H,2-5,8-9H2,1H3. The molecular formula is C15H22ClN3O2. The van der Waals surface area contributed by atoms with Gasteiger partial charge in [0.2, 0.25) is 0 Å². The van der Waals surface area contributed by atoms with Gasteiger partial charge in [-0.15, -0.1) is 0 Å². The number of nitro groups is 1. The molecule has 0 saturated carbocycles. The molecule has 2 atom stereocenters. The molecule has 1 aromatic rings. The third-order valence-electron chi connectivity index (χ3n) is 3.86. The van der Waals surface area contributed by atoms with Gasteiger partial charge in [-0.2, -0.15) is 0 Å². The summed E-state index contributed by atoms with van der Waals surface area (Å²) in [5, 5.41) is 18.3. The Morgan fingerprint density at radius 1 is 1.48 bits per heavy atom. The lowest BCUT2D eigenvalue weighted by molar-refractivity contribution is -0.384. The van der Waals surface area contributed by atoms with Gasteiger partial charge in [0.05, 0.1) is 4.92 Å². The number of hydrogen-bond donors (Lipinski definition) is 2. The molecule has 1 aliphatic rings. The maximum Gasteiger partial charge on any atom is 0.292 e. The molecular weight excluding hydrogens is 290 g/mol. The first kappa shape index (κ1) is 16.0. The van der Waals surface area contributed by atoms with Gasteiger partial charge in [0.15, 0.2) is 0 Å². The predicted molar refractivity (Wildman–Crippen MR) is 86.1 cm³/mol. The van der Waals surface area contributed by atoms with Crippen molar-refractivity contribution in [2.45, 2.75) is 51.1 Å². The topological polar surface area (TPSA) is 67.2 Å². The van der Waals surface area contributed by atoms with E-state index in [1.165, 1.54) is 31.7 Å². The Morgan fingerprint density at radius 2 is 2.29 bits per heavy atom. The number of nitrogens with zero attached hydrogens (tertiary/aromatic N) is 1. The van der Waals surface area contributed by atoms with Crippen LogP contribution in [0.5, 0.6) is 0 Å². The molecule has 6 heteroatoms. The number of hydrogen-bond acceptors (Lipinski definition) is 4. The first-order chi connectivity index (χ1) is 10.1. The van der Waals surface area contributed by atoms with E-state index >= 15 is 0 Å². The summed E-state index contributed by atoms with van der Waals surface area (Å²) in [7, 11) is 0. The van der Waals surface area contributed by atoms with Crippen molar-refractivity contribution in [2.75, 3.05) is 11.9 Å². The van der Waals surface area contributed by atoms with Gasteiger partial charge in [0.1, 0.15) is 5.69 Å². The summed E-state index contributed by atoms with van der Waals surface area (Å²) >= 11 is 5.94. The van der Waals surface area contributed by atoms with Crippen LogP contribution in [0.25, 0.3) is 0 Å². The molecule has 0 bridgehead atoms. The van der Waals surface area contributed by atoms with E-state index in [1.54, 1.807) is 12.1 Å². The summed E-state index contributed by atoms with van der Waals surface area (Å²) in [6.07, 6.45) is 5.89. The van der Waals surface area contributed by atoms with Gasteiger partial charge in [-0.3, -0.25) is 10.1 Å². The lowest BCUT2D eigenvalue weighted by Crippen LogP contribution is -2.33. The van der Waals surface area contributed by atoms with E-state index in [9.17, 15) is 10.1 Å². The molecule has 1 aromatic carbocycles. The molecule has 1 heterocycles. The quantitative estimate of drug-likeness (QED) is 0.638. The molecule has 2 unspecified atom stereocenters. The van der Waals surface area contributed by atoms with Gasteiger partial charge in [0.25, 0.3) is 5.69 Å².